The maximum atomic E-state index is 12.2. The van der Waals surface area contributed by atoms with E-state index in [1.807, 2.05) is 6.08 Å². The van der Waals surface area contributed by atoms with Crippen molar-refractivity contribution in [2.45, 2.75) is 44.9 Å². The summed E-state index contributed by atoms with van der Waals surface area (Å²) in [6.07, 6.45) is 10.2. The van der Waals surface area contributed by atoms with Crippen LogP contribution in [-0.2, 0) is 0 Å². The van der Waals surface area contributed by atoms with E-state index in [0.29, 0.717) is 16.9 Å². The second-order valence-electron chi connectivity index (χ2n) is 7.15. The molecule has 0 amide bonds. The lowest BCUT2D eigenvalue weighted by Crippen LogP contribution is -2.33. The summed E-state index contributed by atoms with van der Waals surface area (Å²) in [5, 5.41) is 0. The first-order chi connectivity index (χ1) is 10.6. The van der Waals surface area contributed by atoms with E-state index in [0.717, 1.165) is 36.5 Å². The van der Waals surface area contributed by atoms with Crippen LogP contribution in [0.5, 0.6) is 5.88 Å². The number of fused-ring (bicyclic) bond motifs is 4. The van der Waals surface area contributed by atoms with Crippen molar-refractivity contribution in [1.82, 2.24) is 9.97 Å². The van der Waals surface area contributed by atoms with Crippen LogP contribution in [-0.4, -0.2) is 9.97 Å². The smallest absolute Gasteiger partial charge is 0.328 e. The van der Waals surface area contributed by atoms with Gasteiger partial charge in [0.1, 0.15) is 11.3 Å². The van der Waals surface area contributed by atoms with Gasteiger partial charge in [-0.3, -0.25) is 14.8 Å². The SMILES string of the molecule is O=c1[nH]c2c(c(=O)[nH]1)C1=C/C(=C3/CCC34CCC(CC1)C4)O2. The number of H-pyrrole nitrogens is 2. The van der Waals surface area contributed by atoms with Crippen molar-refractivity contribution in [3.63, 3.8) is 0 Å². The van der Waals surface area contributed by atoms with Gasteiger partial charge in [-0.1, -0.05) is 0 Å². The van der Waals surface area contributed by atoms with E-state index >= 15 is 0 Å². The summed E-state index contributed by atoms with van der Waals surface area (Å²) in [5.41, 5.74) is 2.41. The van der Waals surface area contributed by atoms with E-state index in [4.69, 9.17) is 4.74 Å². The molecular formula is C17H18N2O3. The van der Waals surface area contributed by atoms with E-state index in [1.165, 1.54) is 31.3 Å². The monoisotopic (exact) mass is 298 g/mol. The van der Waals surface area contributed by atoms with Crippen molar-refractivity contribution < 1.29 is 4.74 Å². The zero-order valence-corrected chi connectivity index (χ0v) is 12.3. The van der Waals surface area contributed by atoms with E-state index in [-0.39, 0.29) is 5.56 Å². The minimum Gasteiger partial charge on any atom is -0.440 e. The van der Waals surface area contributed by atoms with Crippen molar-refractivity contribution in [3.05, 3.63) is 43.8 Å². The highest BCUT2D eigenvalue weighted by atomic mass is 16.5. The predicted molar refractivity (Wildman–Crippen MR) is 81.6 cm³/mol. The van der Waals surface area contributed by atoms with E-state index < -0.39 is 5.69 Å². The Morgan fingerprint density at radius 2 is 2.05 bits per heavy atom. The molecule has 1 aromatic heterocycles. The van der Waals surface area contributed by atoms with Crippen LogP contribution in [0.2, 0.25) is 0 Å². The van der Waals surface area contributed by atoms with Gasteiger partial charge in [0, 0.05) is 0 Å². The van der Waals surface area contributed by atoms with Crippen LogP contribution in [0.3, 0.4) is 0 Å². The Bertz CT molecular complexity index is 857. The lowest BCUT2D eigenvalue weighted by molar-refractivity contribution is 0.219. The number of hydrogen-bond acceptors (Lipinski definition) is 3. The molecule has 0 radical (unpaired) electrons. The molecule has 22 heavy (non-hydrogen) atoms. The van der Waals surface area contributed by atoms with Crippen LogP contribution < -0.4 is 16.0 Å². The number of nitrogens with one attached hydrogen (secondary N) is 2. The van der Waals surface area contributed by atoms with Gasteiger partial charge in [-0.05, 0) is 73.5 Å². The lowest BCUT2D eigenvalue weighted by Gasteiger charge is -2.43. The van der Waals surface area contributed by atoms with Crippen molar-refractivity contribution in [3.8, 4) is 5.88 Å². The summed E-state index contributed by atoms with van der Waals surface area (Å²) in [6.45, 7) is 0. The Morgan fingerprint density at radius 1 is 1.14 bits per heavy atom. The van der Waals surface area contributed by atoms with E-state index in [1.54, 1.807) is 0 Å². The molecule has 4 bridgehead atoms. The Kier molecular flexibility index (Phi) is 2.29. The minimum absolute atomic E-state index is 0.327. The fourth-order valence-corrected chi connectivity index (χ4v) is 4.88. The summed E-state index contributed by atoms with van der Waals surface area (Å²) in [4.78, 5) is 28.7. The fourth-order valence-electron chi connectivity index (χ4n) is 4.88. The molecule has 2 atom stereocenters. The molecule has 2 saturated carbocycles. The lowest BCUT2D eigenvalue weighted by atomic mass is 9.62. The molecular weight excluding hydrogens is 280 g/mol. The van der Waals surface area contributed by atoms with Gasteiger partial charge in [0.25, 0.3) is 5.56 Å². The molecule has 2 unspecified atom stereocenters. The normalized spacial score (nSPS) is 35.1. The molecule has 5 heteroatoms. The summed E-state index contributed by atoms with van der Waals surface area (Å²) in [5.74, 6) is 1.97. The van der Waals surface area contributed by atoms with Gasteiger partial charge >= 0.3 is 5.69 Å². The summed E-state index contributed by atoms with van der Waals surface area (Å²) >= 11 is 0. The summed E-state index contributed by atoms with van der Waals surface area (Å²) < 4.78 is 5.96. The first kappa shape index (κ1) is 12.5. The van der Waals surface area contributed by atoms with Gasteiger partial charge in [-0.15, -0.1) is 0 Å². The quantitative estimate of drug-likeness (QED) is 0.772. The van der Waals surface area contributed by atoms with Gasteiger partial charge < -0.3 is 4.74 Å². The topological polar surface area (TPSA) is 75.0 Å². The average Bonchev–Trinajstić information content (AvgIpc) is 2.89. The van der Waals surface area contributed by atoms with Gasteiger partial charge in [-0.2, -0.15) is 0 Å². The molecule has 2 heterocycles. The van der Waals surface area contributed by atoms with Crippen molar-refractivity contribution in [1.29, 1.82) is 0 Å². The van der Waals surface area contributed by atoms with Gasteiger partial charge in [0.15, 0.2) is 0 Å². The first-order valence-corrected chi connectivity index (χ1v) is 8.14. The zero-order chi connectivity index (χ0) is 14.9. The molecule has 1 aromatic rings. The highest BCUT2D eigenvalue weighted by Crippen LogP contribution is 2.61. The number of hydrogen-bond donors (Lipinski definition) is 2. The molecule has 0 saturated heterocycles. The highest BCUT2D eigenvalue weighted by Gasteiger charge is 2.49. The molecule has 114 valence electrons. The average molecular weight is 298 g/mol. The van der Waals surface area contributed by atoms with Crippen LogP contribution in [0.15, 0.2) is 27.0 Å². The second-order valence-corrected chi connectivity index (χ2v) is 7.15. The number of aromatic amines is 2. The first-order valence-electron chi connectivity index (χ1n) is 8.14. The third kappa shape index (κ3) is 1.54. The van der Waals surface area contributed by atoms with Crippen LogP contribution in [0.25, 0.3) is 5.57 Å². The second kappa shape index (κ2) is 4.03. The standard InChI is InChI=1S/C17H18N2O3/c20-14-13-10-2-1-9-3-5-17(8-9)6-4-11(17)12(7-10)22-15(13)19-16(21)18-14/h7,9H,1-6,8H2,(H2,18,19,20,21)/b12-11+. The molecule has 4 aliphatic rings. The molecule has 2 N–H and O–H groups in total. The Labute approximate surface area is 127 Å². The minimum atomic E-state index is -0.505. The third-order valence-electron chi connectivity index (χ3n) is 6.07. The van der Waals surface area contributed by atoms with Crippen LogP contribution in [0.4, 0.5) is 0 Å². The number of ether oxygens (including phenoxy) is 1. The Hall–Kier alpha value is -2.04. The van der Waals surface area contributed by atoms with Gasteiger partial charge in [0.05, 0.1) is 0 Å². The van der Waals surface area contributed by atoms with Crippen LogP contribution >= 0.6 is 0 Å². The van der Waals surface area contributed by atoms with Gasteiger partial charge in [-0.25, -0.2) is 4.79 Å². The third-order valence-corrected chi connectivity index (χ3v) is 6.07. The summed E-state index contributed by atoms with van der Waals surface area (Å²) in [7, 11) is 0. The molecule has 0 aromatic carbocycles. The molecule has 2 fully saturated rings. The zero-order valence-electron chi connectivity index (χ0n) is 12.3. The Morgan fingerprint density at radius 3 is 2.86 bits per heavy atom. The van der Waals surface area contributed by atoms with Crippen LogP contribution in [0, 0.1) is 11.3 Å². The molecule has 1 spiro atoms. The fraction of sp³-hybridized carbons (Fsp3) is 0.529. The van der Waals surface area contributed by atoms with Crippen molar-refractivity contribution in [2.75, 3.05) is 0 Å². The van der Waals surface area contributed by atoms with Crippen LogP contribution in [0.1, 0.15) is 50.5 Å². The predicted octanol–water partition coefficient (Wildman–Crippen LogP) is 2.47. The number of allylic oxidation sites excluding steroid dienone is 3. The largest absolute Gasteiger partial charge is 0.440 e. The molecule has 1 aliphatic heterocycles. The van der Waals surface area contributed by atoms with Crippen molar-refractivity contribution >= 4 is 5.57 Å². The molecule has 5 rings (SSSR count). The Balaban J connectivity index is 1.75. The van der Waals surface area contributed by atoms with E-state index in [9.17, 15) is 9.59 Å². The van der Waals surface area contributed by atoms with Crippen molar-refractivity contribution in [2.24, 2.45) is 11.3 Å². The highest BCUT2D eigenvalue weighted by molar-refractivity contribution is 5.73. The van der Waals surface area contributed by atoms with Gasteiger partial charge in [0.2, 0.25) is 5.88 Å². The van der Waals surface area contributed by atoms with E-state index in [2.05, 4.69) is 9.97 Å². The summed E-state index contributed by atoms with van der Waals surface area (Å²) in [6, 6.07) is 0. The number of aromatic nitrogens is 2. The maximum absolute atomic E-state index is 12.2. The maximum Gasteiger partial charge on any atom is 0.328 e. The molecule has 5 nitrogen and oxygen atoms in total. The number of rotatable bonds is 0. The molecule has 3 aliphatic carbocycles.